The fraction of sp³-hybridized carbons (Fsp3) is 0.610. The highest BCUT2D eigenvalue weighted by Gasteiger charge is 2.45. The van der Waals surface area contributed by atoms with Crippen LogP contribution in [0.15, 0.2) is 48.5 Å². The second-order valence-corrected chi connectivity index (χ2v) is 15.9. The van der Waals surface area contributed by atoms with Gasteiger partial charge < -0.3 is 33.6 Å². The summed E-state index contributed by atoms with van der Waals surface area (Å²) in [6, 6.07) is 15.6. The van der Waals surface area contributed by atoms with Crippen molar-refractivity contribution in [2.75, 3.05) is 56.4 Å². The summed E-state index contributed by atoms with van der Waals surface area (Å²) in [4.78, 5) is 61.0. The van der Waals surface area contributed by atoms with Gasteiger partial charge in [0, 0.05) is 64.0 Å². The Morgan fingerprint density at radius 2 is 1.75 bits per heavy atom. The summed E-state index contributed by atoms with van der Waals surface area (Å²) < 4.78 is 23.0. The van der Waals surface area contributed by atoms with Gasteiger partial charge in [0.15, 0.2) is 5.60 Å². The van der Waals surface area contributed by atoms with Gasteiger partial charge >= 0.3 is 6.09 Å². The van der Waals surface area contributed by atoms with Gasteiger partial charge in [0.25, 0.3) is 5.91 Å². The minimum absolute atomic E-state index is 0.0170. The molecule has 11 nitrogen and oxygen atoms in total. The number of carbonyl (C=O) groups is 4. The van der Waals surface area contributed by atoms with Gasteiger partial charge in [0.2, 0.25) is 5.91 Å². The molecule has 3 amide bonds. The van der Waals surface area contributed by atoms with Crippen molar-refractivity contribution in [2.45, 2.75) is 97.3 Å². The zero-order chi connectivity index (χ0) is 37.6. The van der Waals surface area contributed by atoms with Gasteiger partial charge in [-0.3, -0.25) is 14.4 Å². The highest BCUT2D eigenvalue weighted by Crippen LogP contribution is 2.43. The Labute approximate surface area is 308 Å². The van der Waals surface area contributed by atoms with E-state index in [2.05, 4.69) is 12.1 Å². The van der Waals surface area contributed by atoms with E-state index in [4.69, 9.17) is 18.9 Å². The molecule has 2 aromatic rings. The van der Waals surface area contributed by atoms with E-state index in [0.29, 0.717) is 62.8 Å². The predicted molar refractivity (Wildman–Crippen MR) is 200 cm³/mol. The lowest BCUT2D eigenvalue weighted by Gasteiger charge is -2.40. The average molecular weight is 720 g/mol. The summed E-state index contributed by atoms with van der Waals surface area (Å²) in [6.45, 7) is 13.2. The molecule has 0 spiro atoms. The number of rotatable bonds is 15. The second kappa shape index (κ2) is 16.8. The first-order valence-corrected chi connectivity index (χ1v) is 18.8. The lowest BCUT2D eigenvalue weighted by molar-refractivity contribution is -0.133. The van der Waals surface area contributed by atoms with Crippen LogP contribution in [0.3, 0.4) is 0 Å². The van der Waals surface area contributed by atoms with Gasteiger partial charge in [0.1, 0.15) is 17.1 Å². The zero-order valence-corrected chi connectivity index (χ0v) is 32.0. The molecule has 3 aliphatic rings. The number of carbonyl (C=O) groups excluding carboxylic acids is 4. The topological polar surface area (TPSA) is 115 Å². The number of nitrogens with zero attached hydrogens (tertiary/aromatic N) is 3. The van der Waals surface area contributed by atoms with Crippen LogP contribution in [0.1, 0.15) is 79.2 Å². The number of amides is 3. The Hall–Kier alpha value is -3.96. The van der Waals surface area contributed by atoms with Gasteiger partial charge in [0.05, 0.1) is 18.2 Å². The van der Waals surface area contributed by atoms with Crippen molar-refractivity contribution in [3.8, 4) is 5.75 Å². The van der Waals surface area contributed by atoms with Crippen molar-refractivity contribution >= 4 is 35.1 Å². The van der Waals surface area contributed by atoms with Crippen LogP contribution < -0.4 is 14.5 Å². The van der Waals surface area contributed by atoms with E-state index < -0.39 is 29.1 Å². The molecular formula is C41H57N3O8. The van der Waals surface area contributed by atoms with Crippen molar-refractivity contribution < 1.29 is 38.1 Å². The summed E-state index contributed by atoms with van der Waals surface area (Å²) in [6.07, 6.45) is 3.09. The number of likely N-dealkylation sites (tertiary alicyclic amines) is 1. The molecule has 2 heterocycles. The van der Waals surface area contributed by atoms with Crippen molar-refractivity contribution in [2.24, 2.45) is 17.8 Å². The van der Waals surface area contributed by atoms with Gasteiger partial charge in [-0.2, -0.15) is 0 Å². The number of hydrogen-bond acceptors (Lipinski definition) is 8. The molecular weight excluding hydrogens is 662 g/mol. The summed E-state index contributed by atoms with van der Waals surface area (Å²) in [5.74, 6) is -0.910. The Bertz CT molecular complexity index is 1570. The summed E-state index contributed by atoms with van der Waals surface area (Å²) in [5.41, 5.74) is 0.631. The van der Waals surface area contributed by atoms with Crippen LogP contribution in [-0.2, 0) is 35.0 Å². The van der Waals surface area contributed by atoms with Crippen molar-refractivity contribution in [1.29, 1.82) is 0 Å². The van der Waals surface area contributed by atoms with E-state index in [1.165, 1.54) is 0 Å². The van der Waals surface area contributed by atoms with Gasteiger partial charge in [-0.05, 0) is 103 Å². The maximum Gasteiger partial charge on any atom is 0.410 e. The van der Waals surface area contributed by atoms with Crippen LogP contribution in [-0.4, -0.2) is 92.4 Å². The molecule has 2 aromatic carbocycles. The van der Waals surface area contributed by atoms with E-state index in [1.54, 1.807) is 51.5 Å². The molecule has 1 saturated carbocycles. The first-order valence-electron chi connectivity index (χ1n) is 18.8. The van der Waals surface area contributed by atoms with Crippen LogP contribution in [0.4, 0.5) is 16.2 Å². The number of anilines is 2. The number of Topliss-reactive ketones (excluding diaryl/α,β-unsaturated/α-hetero) is 1. The summed E-state index contributed by atoms with van der Waals surface area (Å²) >= 11 is 0. The molecule has 284 valence electrons. The molecule has 5 rings (SSSR count). The second-order valence-electron chi connectivity index (χ2n) is 15.9. The van der Waals surface area contributed by atoms with E-state index in [1.807, 2.05) is 48.2 Å². The van der Waals surface area contributed by atoms with Crippen LogP contribution >= 0.6 is 0 Å². The lowest BCUT2D eigenvalue weighted by atomic mass is 9.82. The van der Waals surface area contributed by atoms with E-state index >= 15 is 0 Å². The van der Waals surface area contributed by atoms with E-state index in [9.17, 15) is 19.2 Å². The molecule has 3 atom stereocenters. The molecule has 0 N–H and O–H groups in total. The Morgan fingerprint density at radius 1 is 1.04 bits per heavy atom. The fourth-order valence-electron chi connectivity index (χ4n) is 7.20. The molecule has 0 bridgehead atoms. The largest absolute Gasteiger partial charge is 0.476 e. The lowest BCUT2D eigenvalue weighted by Crippen LogP contribution is -2.53. The highest BCUT2D eigenvalue weighted by atomic mass is 16.6. The maximum atomic E-state index is 14.7. The highest BCUT2D eigenvalue weighted by molar-refractivity contribution is 6.04. The van der Waals surface area contributed by atoms with Crippen LogP contribution in [0.25, 0.3) is 0 Å². The maximum absolute atomic E-state index is 14.7. The number of ketones is 1. The third-order valence-corrected chi connectivity index (χ3v) is 9.84. The monoisotopic (exact) mass is 719 g/mol. The SMILES string of the molecule is CCOC[C@H](CC(=O)[C@H]1C[C@@H](C(=O)N(c2ccc3c(c2)N(CCCOC)C(=O)C(C)(C)O3)C2CC2)CN(C(=O)OC(C)(C)C)C1)Cc1ccccc1. The smallest absolute Gasteiger partial charge is 0.410 e. The molecule has 0 aromatic heterocycles. The molecule has 11 heteroatoms. The average Bonchev–Trinajstić information content (AvgIpc) is 3.94. The number of methoxy groups -OCH3 is 1. The van der Waals surface area contributed by atoms with Crippen LogP contribution in [0, 0.1) is 17.8 Å². The van der Waals surface area contributed by atoms with Gasteiger partial charge in [-0.25, -0.2) is 4.79 Å². The minimum atomic E-state index is -1.04. The number of ether oxygens (including phenoxy) is 4. The van der Waals surface area contributed by atoms with E-state index in [0.717, 1.165) is 18.4 Å². The number of hydrogen-bond donors (Lipinski definition) is 0. The number of fused-ring (bicyclic) bond motifs is 1. The summed E-state index contributed by atoms with van der Waals surface area (Å²) in [5, 5.41) is 0. The van der Waals surface area contributed by atoms with Crippen LogP contribution in [0.2, 0.25) is 0 Å². The molecule has 2 fully saturated rings. The molecule has 52 heavy (non-hydrogen) atoms. The number of benzene rings is 2. The standard InChI is InChI=1S/C41H57N3O8/c1-8-50-27-29(21-28-13-10-9-11-14-28)22-35(45)30-23-31(26-42(25-30)39(48)52-40(2,3)4)37(46)44(32-15-16-32)33-17-18-36-34(24-33)43(19-12-20-49-7)38(47)41(5,6)51-36/h9-11,13-14,17-18,24,29-32H,8,12,15-16,19-23,25-27H2,1-7H3/t29-,30-,31+/m0/s1. The molecule has 0 radical (unpaired) electrons. The Morgan fingerprint density at radius 3 is 2.40 bits per heavy atom. The molecule has 2 aliphatic heterocycles. The third-order valence-electron chi connectivity index (χ3n) is 9.84. The number of piperidine rings is 1. The fourth-order valence-corrected chi connectivity index (χ4v) is 7.20. The first kappa shape index (κ1) is 39.3. The Balaban J connectivity index is 1.42. The normalized spacial score (nSPS) is 20.5. The first-order chi connectivity index (χ1) is 24.7. The predicted octanol–water partition coefficient (Wildman–Crippen LogP) is 6.45. The third kappa shape index (κ3) is 9.92. The molecule has 0 unspecified atom stereocenters. The van der Waals surface area contributed by atoms with E-state index in [-0.39, 0.29) is 49.1 Å². The quantitative estimate of drug-likeness (QED) is 0.193. The molecule has 1 saturated heterocycles. The van der Waals surface area contributed by atoms with Crippen molar-refractivity contribution in [3.05, 3.63) is 54.1 Å². The summed E-state index contributed by atoms with van der Waals surface area (Å²) in [7, 11) is 1.63. The van der Waals surface area contributed by atoms with Gasteiger partial charge in [-0.15, -0.1) is 0 Å². The Kier molecular flexibility index (Phi) is 12.7. The minimum Gasteiger partial charge on any atom is -0.476 e. The van der Waals surface area contributed by atoms with Crippen LogP contribution in [0.5, 0.6) is 5.75 Å². The van der Waals surface area contributed by atoms with Crippen molar-refractivity contribution in [1.82, 2.24) is 4.90 Å². The molecule has 1 aliphatic carbocycles. The van der Waals surface area contributed by atoms with Gasteiger partial charge in [-0.1, -0.05) is 30.3 Å². The van der Waals surface area contributed by atoms with Crippen molar-refractivity contribution in [3.63, 3.8) is 0 Å². The zero-order valence-electron chi connectivity index (χ0n) is 32.0.